The van der Waals surface area contributed by atoms with Crippen LogP contribution in [0, 0.1) is 5.82 Å². The molecular weight excluding hydrogens is 465 g/mol. The van der Waals surface area contributed by atoms with Crippen molar-refractivity contribution in [3.63, 3.8) is 0 Å². The van der Waals surface area contributed by atoms with Gasteiger partial charge in [0.05, 0.1) is 11.3 Å². The van der Waals surface area contributed by atoms with Crippen LogP contribution in [-0.4, -0.2) is 21.5 Å². The number of allylic oxidation sites excluding steroid dienone is 1. The molecule has 0 bridgehead atoms. The monoisotopic (exact) mass is 487 g/mol. The van der Waals surface area contributed by atoms with E-state index in [0.717, 1.165) is 11.3 Å². The number of aromatic nitrogens is 2. The zero-order valence-electron chi connectivity index (χ0n) is 19.7. The molecule has 0 radical (unpaired) electrons. The Balaban J connectivity index is 1.35. The van der Waals surface area contributed by atoms with Gasteiger partial charge in [-0.3, -0.25) is 9.59 Å². The van der Waals surface area contributed by atoms with E-state index in [9.17, 15) is 14.0 Å². The number of para-hydroxylation sites is 1. The SMILES string of the molecule is O=C(/C=C/c1cccc(F)c1)c1ccc(NC(=O)c2cn(-c3ccccc3)nc2-c2ccccc2)cc1. The minimum Gasteiger partial charge on any atom is -0.322 e. The van der Waals surface area contributed by atoms with Crippen LogP contribution in [0.3, 0.4) is 0 Å². The van der Waals surface area contributed by atoms with Crippen LogP contribution < -0.4 is 5.32 Å². The van der Waals surface area contributed by atoms with E-state index in [4.69, 9.17) is 0 Å². The van der Waals surface area contributed by atoms with E-state index in [1.807, 2.05) is 60.7 Å². The number of hydrogen-bond donors (Lipinski definition) is 1. The molecule has 5 aromatic rings. The molecule has 37 heavy (non-hydrogen) atoms. The van der Waals surface area contributed by atoms with Crippen LogP contribution in [0.15, 0.2) is 121 Å². The van der Waals surface area contributed by atoms with Crippen molar-refractivity contribution in [2.24, 2.45) is 0 Å². The first-order valence-corrected chi connectivity index (χ1v) is 11.7. The Morgan fingerprint density at radius 3 is 2.22 bits per heavy atom. The zero-order chi connectivity index (χ0) is 25.6. The molecule has 6 heteroatoms. The zero-order valence-corrected chi connectivity index (χ0v) is 19.7. The molecule has 5 nitrogen and oxygen atoms in total. The molecule has 1 aromatic heterocycles. The minimum absolute atomic E-state index is 0.224. The molecular formula is C31H22FN3O2. The van der Waals surface area contributed by atoms with Gasteiger partial charge in [0, 0.05) is 23.0 Å². The average molecular weight is 488 g/mol. The Morgan fingerprint density at radius 2 is 1.51 bits per heavy atom. The first-order chi connectivity index (χ1) is 18.1. The lowest BCUT2D eigenvalue weighted by Crippen LogP contribution is -2.12. The van der Waals surface area contributed by atoms with E-state index >= 15 is 0 Å². The second-order valence-electron chi connectivity index (χ2n) is 8.32. The van der Waals surface area contributed by atoms with Gasteiger partial charge in [-0.2, -0.15) is 5.10 Å². The number of rotatable bonds is 7. The predicted octanol–water partition coefficient (Wildman–Crippen LogP) is 6.83. The van der Waals surface area contributed by atoms with Gasteiger partial charge in [-0.05, 0) is 60.2 Å². The standard InChI is InChI=1S/C31H22FN3O2/c32-25-11-7-8-22(20-25)14-19-29(36)23-15-17-26(18-16-23)33-31(37)28-21-35(27-12-5-2-6-13-27)34-30(28)24-9-3-1-4-10-24/h1-21H,(H,33,37)/b19-14+. The topological polar surface area (TPSA) is 64.0 Å². The van der Waals surface area contributed by atoms with Gasteiger partial charge in [0.2, 0.25) is 0 Å². The van der Waals surface area contributed by atoms with Crippen molar-refractivity contribution >= 4 is 23.5 Å². The molecule has 0 spiro atoms. The van der Waals surface area contributed by atoms with Gasteiger partial charge >= 0.3 is 0 Å². The number of carbonyl (C=O) groups is 2. The number of halogens is 1. The summed E-state index contributed by atoms with van der Waals surface area (Å²) in [6.07, 6.45) is 4.67. The van der Waals surface area contributed by atoms with E-state index in [1.54, 1.807) is 53.4 Å². The summed E-state index contributed by atoms with van der Waals surface area (Å²) in [5.41, 5.74) is 4.25. The van der Waals surface area contributed by atoms with Crippen molar-refractivity contribution in [1.29, 1.82) is 0 Å². The minimum atomic E-state index is -0.362. The third kappa shape index (κ3) is 5.60. The molecule has 5 rings (SSSR count). The second-order valence-corrected chi connectivity index (χ2v) is 8.32. The number of nitrogens with zero attached hydrogens (tertiary/aromatic N) is 2. The Labute approximate surface area is 213 Å². The van der Waals surface area contributed by atoms with Crippen LogP contribution in [0.25, 0.3) is 23.0 Å². The molecule has 180 valence electrons. The number of benzene rings is 4. The van der Waals surface area contributed by atoms with E-state index in [2.05, 4.69) is 10.4 Å². The van der Waals surface area contributed by atoms with Crippen molar-refractivity contribution in [2.45, 2.75) is 0 Å². The maximum absolute atomic E-state index is 13.3. The molecule has 0 fully saturated rings. The molecule has 1 heterocycles. The third-order valence-corrected chi connectivity index (χ3v) is 5.73. The van der Waals surface area contributed by atoms with Crippen molar-refractivity contribution in [3.05, 3.63) is 144 Å². The van der Waals surface area contributed by atoms with Crippen LogP contribution in [0.4, 0.5) is 10.1 Å². The summed E-state index contributed by atoms with van der Waals surface area (Å²) in [6, 6.07) is 31.7. The lowest BCUT2D eigenvalue weighted by Gasteiger charge is -2.06. The van der Waals surface area contributed by atoms with Gasteiger partial charge in [-0.25, -0.2) is 9.07 Å². The molecule has 0 saturated heterocycles. The fraction of sp³-hybridized carbons (Fsp3) is 0. The van der Waals surface area contributed by atoms with Crippen LogP contribution in [0.2, 0.25) is 0 Å². The highest BCUT2D eigenvalue weighted by Gasteiger charge is 2.19. The smallest absolute Gasteiger partial charge is 0.259 e. The Bertz CT molecular complexity index is 1570. The highest BCUT2D eigenvalue weighted by molar-refractivity contribution is 6.09. The van der Waals surface area contributed by atoms with Crippen molar-refractivity contribution in [3.8, 4) is 16.9 Å². The predicted molar refractivity (Wildman–Crippen MR) is 143 cm³/mol. The summed E-state index contributed by atoms with van der Waals surface area (Å²) >= 11 is 0. The van der Waals surface area contributed by atoms with Gasteiger partial charge in [0.25, 0.3) is 5.91 Å². The van der Waals surface area contributed by atoms with Crippen LogP contribution in [0.1, 0.15) is 26.3 Å². The highest BCUT2D eigenvalue weighted by atomic mass is 19.1. The molecule has 0 saturated carbocycles. The number of anilines is 1. The maximum atomic E-state index is 13.3. The average Bonchev–Trinajstić information content (AvgIpc) is 3.39. The summed E-state index contributed by atoms with van der Waals surface area (Å²) in [6.45, 7) is 0. The Kier molecular flexibility index (Phi) is 6.81. The lowest BCUT2D eigenvalue weighted by molar-refractivity contribution is 0.102. The van der Waals surface area contributed by atoms with Crippen molar-refractivity contribution in [1.82, 2.24) is 9.78 Å². The summed E-state index contributed by atoms with van der Waals surface area (Å²) in [7, 11) is 0. The van der Waals surface area contributed by atoms with Gasteiger partial charge in [0.15, 0.2) is 5.78 Å². The maximum Gasteiger partial charge on any atom is 0.259 e. The number of carbonyl (C=O) groups excluding carboxylic acids is 2. The second kappa shape index (κ2) is 10.7. The van der Waals surface area contributed by atoms with Crippen LogP contribution >= 0.6 is 0 Å². The highest BCUT2D eigenvalue weighted by Crippen LogP contribution is 2.25. The Hall–Kier alpha value is -5.10. The molecule has 0 aliphatic carbocycles. The molecule has 1 N–H and O–H groups in total. The number of nitrogens with one attached hydrogen (secondary N) is 1. The fourth-order valence-electron chi connectivity index (χ4n) is 3.86. The largest absolute Gasteiger partial charge is 0.322 e. The third-order valence-electron chi connectivity index (χ3n) is 5.73. The van der Waals surface area contributed by atoms with Crippen molar-refractivity contribution in [2.75, 3.05) is 5.32 Å². The first kappa shape index (κ1) is 23.6. The molecule has 0 aliphatic heterocycles. The van der Waals surface area contributed by atoms with Crippen molar-refractivity contribution < 1.29 is 14.0 Å². The van der Waals surface area contributed by atoms with Gasteiger partial charge in [-0.15, -0.1) is 0 Å². The van der Waals surface area contributed by atoms with Gasteiger partial charge in [-0.1, -0.05) is 66.7 Å². The molecule has 4 aromatic carbocycles. The van der Waals surface area contributed by atoms with E-state index in [0.29, 0.717) is 28.1 Å². The fourth-order valence-corrected chi connectivity index (χ4v) is 3.86. The molecule has 0 atom stereocenters. The van der Waals surface area contributed by atoms with E-state index < -0.39 is 0 Å². The molecule has 0 aliphatic rings. The Morgan fingerprint density at radius 1 is 0.811 bits per heavy atom. The summed E-state index contributed by atoms with van der Waals surface area (Å²) in [5, 5.41) is 7.58. The first-order valence-electron chi connectivity index (χ1n) is 11.7. The molecule has 0 unspecified atom stereocenters. The normalized spacial score (nSPS) is 10.9. The van der Waals surface area contributed by atoms with Crippen LogP contribution in [-0.2, 0) is 0 Å². The van der Waals surface area contributed by atoms with Gasteiger partial charge < -0.3 is 5.32 Å². The van der Waals surface area contributed by atoms with E-state index in [1.165, 1.54) is 18.2 Å². The lowest BCUT2D eigenvalue weighted by atomic mass is 10.1. The number of ketones is 1. The van der Waals surface area contributed by atoms with Gasteiger partial charge in [0.1, 0.15) is 11.5 Å². The summed E-state index contributed by atoms with van der Waals surface area (Å²) in [5.74, 6) is -0.900. The van der Waals surface area contributed by atoms with E-state index in [-0.39, 0.29) is 17.5 Å². The number of hydrogen-bond acceptors (Lipinski definition) is 3. The quantitative estimate of drug-likeness (QED) is 0.202. The molecule has 1 amide bonds. The number of amides is 1. The van der Waals surface area contributed by atoms with Crippen LogP contribution in [0.5, 0.6) is 0 Å². The summed E-state index contributed by atoms with van der Waals surface area (Å²) < 4.78 is 15.0. The summed E-state index contributed by atoms with van der Waals surface area (Å²) in [4.78, 5) is 25.8.